The Bertz CT molecular complexity index is 296. The fraction of sp³-hybridized carbons (Fsp3) is 0.750. The number of nitrogens with one attached hydrogen (secondary N) is 1. The lowest BCUT2D eigenvalue weighted by Crippen LogP contribution is -2.42. The highest BCUT2D eigenvalue weighted by Crippen LogP contribution is 2.21. The highest BCUT2D eigenvalue weighted by Gasteiger charge is 2.24. The molecular weight excluding hydrogens is 186 g/mol. The van der Waals surface area contributed by atoms with Crippen molar-refractivity contribution in [1.29, 1.82) is 0 Å². The molecule has 0 saturated carbocycles. The van der Waals surface area contributed by atoms with Gasteiger partial charge in [0, 0.05) is 25.7 Å². The highest BCUT2D eigenvalue weighted by molar-refractivity contribution is 5.03. The van der Waals surface area contributed by atoms with Gasteiger partial charge in [0.2, 0.25) is 0 Å². The van der Waals surface area contributed by atoms with Crippen LogP contribution >= 0.6 is 0 Å². The monoisotopic (exact) mass is 209 g/mol. The summed E-state index contributed by atoms with van der Waals surface area (Å²) in [7, 11) is 1.96. The van der Waals surface area contributed by atoms with Crippen molar-refractivity contribution in [2.75, 3.05) is 6.54 Å². The van der Waals surface area contributed by atoms with Gasteiger partial charge in [0.25, 0.3) is 0 Å². The van der Waals surface area contributed by atoms with Gasteiger partial charge in [-0.3, -0.25) is 4.68 Å². The summed E-state index contributed by atoms with van der Waals surface area (Å²) in [6, 6.07) is 2.58. The lowest BCUT2D eigenvalue weighted by atomic mass is 9.84. The van der Waals surface area contributed by atoms with Crippen LogP contribution in [-0.2, 0) is 13.5 Å². The number of rotatable bonds is 4. The summed E-state index contributed by atoms with van der Waals surface area (Å²) in [6.45, 7) is 9.96. The molecule has 86 valence electrons. The fourth-order valence-electron chi connectivity index (χ4n) is 1.71. The van der Waals surface area contributed by atoms with E-state index in [2.05, 4.69) is 44.2 Å². The van der Waals surface area contributed by atoms with Crippen molar-refractivity contribution in [3.63, 3.8) is 0 Å². The zero-order valence-electron chi connectivity index (χ0n) is 10.5. The minimum absolute atomic E-state index is 0.271. The number of aryl methyl sites for hydroxylation is 1. The Balaban J connectivity index is 2.66. The summed E-state index contributed by atoms with van der Waals surface area (Å²) >= 11 is 0. The van der Waals surface area contributed by atoms with Crippen molar-refractivity contribution in [3.05, 3.63) is 18.0 Å². The average molecular weight is 209 g/mol. The minimum atomic E-state index is 0.271. The summed E-state index contributed by atoms with van der Waals surface area (Å²) in [5.74, 6) is 0. The van der Waals surface area contributed by atoms with E-state index in [1.54, 1.807) is 0 Å². The molecule has 1 heterocycles. The largest absolute Gasteiger partial charge is 0.313 e. The van der Waals surface area contributed by atoms with Crippen LogP contribution in [0.3, 0.4) is 0 Å². The van der Waals surface area contributed by atoms with E-state index in [0.29, 0.717) is 6.04 Å². The standard InChI is InChI=1S/C12H23N3/c1-6-13-11(12(2,3)4)9-10-7-8-15(5)14-10/h7-8,11,13H,6,9H2,1-5H3. The van der Waals surface area contributed by atoms with Crippen LogP contribution in [0.5, 0.6) is 0 Å². The van der Waals surface area contributed by atoms with Crippen molar-refractivity contribution >= 4 is 0 Å². The quantitative estimate of drug-likeness (QED) is 0.822. The second-order valence-corrected chi connectivity index (χ2v) is 5.16. The fourth-order valence-corrected chi connectivity index (χ4v) is 1.71. The smallest absolute Gasteiger partial charge is 0.0640 e. The van der Waals surface area contributed by atoms with E-state index in [4.69, 9.17) is 0 Å². The van der Waals surface area contributed by atoms with Crippen LogP contribution in [0.4, 0.5) is 0 Å². The van der Waals surface area contributed by atoms with E-state index in [9.17, 15) is 0 Å². The Kier molecular flexibility index (Phi) is 3.91. The van der Waals surface area contributed by atoms with Gasteiger partial charge in [-0.15, -0.1) is 0 Å². The van der Waals surface area contributed by atoms with Crippen LogP contribution in [-0.4, -0.2) is 22.4 Å². The minimum Gasteiger partial charge on any atom is -0.313 e. The van der Waals surface area contributed by atoms with Gasteiger partial charge >= 0.3 is 0 Å². The molecular formula is C12H23N3. The van der Waals surface area contributed by atoms with Gasteiger partial charge in [-0.05, 0) is 18.0 Å². The van der Waals surface area contributed by atoms with Gasteiger partial charge in [0.15, 0.2) is 0 Å². The normalized spacial score (nSPS) is 14.2. The molecule has 3 nitrogen and oxygen atoms in total. The number of hydrogen-bond acceptors (Lipinski definition) is 2. The molecule has 0 aromatic carbocycles. The Labute approximate surface area is 92.9 Å². The first-order valence-electron chi connectivity index (χ1n) is 5.65. The first-order chi connectivity index (χ1) is 6.93. The van der Waals surface area contributed by atoms with Gasteiger partial charge in [-0.25, -0.2) is 0 Å². The summed E-state index contributed by atoms with van der Waals surface area (Å²) in [6.07, 6.45) is 3.00. The molecule has 0 spiro atoms. The van der Waals surface area contributed by atoms with Crippen LogP contribution in [0.1, 0.15) is 33.4 Å². The van der Waals surface area contributed by atoms with Crippen molar-refractivity contribution in [1.82, 2.24) is 15.1 Å². The predicted molar refractivity (Wildman–Crippen MR) is 63.8 cm³/mol. The van der Waals surface area contributed by atoms with Crippen molar-refractivity contribution < 1.29 is 0 Å². The number of hydrogen-bond donors (Lipinski definition) is 1. The van der Waals surface area contributed by atoms with E-state index >= 15 is 0 Å². The molecule has 1 unspecified atom stereocenters. The van der Waals surface area contributed by atoms with Gasteiger partial charge in [-0.2, -0.15) is 5.10 Å². The first kappa shape index (κ1) is 12.2. The molecule has 1 atom stereocenters. The first-order valence-corrected chi connectivity index (χ1v) is 5.65. The Hall–Kier alpha value is -0.830. The zero-order chi connectivity index (χ0) is 11.5. The molecule has 0 aliphatic rings. The average Bonchev–Trinajstić information content (AvgIpc) is 2.49. The second-order valence-electron chi connectivity index (χ2n) is 5.16. The number of likely N-dealkylation sites (N-methyl/N-ethyl adjacent to an activating group) is 1. The predicted octanol–water partition coefficient (Wildman–Crippen LogP) is 1.99. The van der Waals surface area contributed by atoms with Gasteiger partial charge in [0.1, 0.15) is 0 Å². The van der Waals surface area contributed by atoms with Gasteiger partial charge in [0.05, 0.1) is 5.69 Å². The Morgan fingerprint density at radius 1 is 1.47 bits per heavy atom. The van der Waals surface area contributed by atoms with Crippen molar-refractivity contribution in [2.24, 2.45) is 12.5 Å². The lowest BCUT2D eigenvalue weighted by molar-refractivity contribution is 0.268. The van der Waals surface area contributed by atoms with Crippen LogP contribution in [0.25, 0.3) is 0 Å². The molecule has 1 N–H and O–H groups in total. The van der Waals surface area contributed by atoms with Crippen LogP contribution in [0.2, 0.25) is 0 Å². The molecule has 0 aliphatic heterocycles. The third-order valence-electron chi connectivity index (χ3n) is 2.68. The molecule has 15 heavy (non-hydrogen) atoms. The van der Waals surface area contributed by atoms with E-state index in [0.717, 1.165) is 13.0 Å². The van der Waals surface area contributed by atoms with Gasteiger partial charge in [-0.1, -0.05) is 27.7 Å². The summed E-state index contributed by atoms with van der Waals surface area (Å²) < 4.78 is 1.86. The maximum Gasteiger partial charge on any atom is 0.0640 e. The number of aromatic nitrogens is 2. The molecule has 3 heteroatoms. The molecule has 0 radical (unpaired) electrons. The SMILES string of the molecule is CCNC(Cc1ccn(C)n1)C(C)(C)C. The summed E-state index contributed by atoms with van der Waals surface area (Å²) in [5.41, 5.74) is 1.44. The van der Waals surface area contributed by atoms with Crippen LogP contribution in [0.15, 0.2) is 12.3 Å². The molecule has 0 amide bonds. The van der Waals surface area contributed by atoms with Crippen molar-refractivity contribution in [2.45, 2.75) is 40.2 Å². The maximum atomic E-state index is 4.42. The van der Waals surface area contributed by atoms with E-state index in [1.807, 2.05) is 17.9 Å². The second kappa shape index (κ2) is 4.79. The van der Waals surface area contributed by atoms with E-state index < -0.39 is 0 Å². The van der Waals surface area contributed by atoms with Crippen LogP contribution in [0, 0.1) is 5.41 Å². The van der Waals surface area contributed by atoms with Crippen LogP contribution < -0.4 is 5.32 Å². The lowest BCUT2D eigenvalue weighted by Gasteiger charge is -2.30. The topological polar surface area (TPSA) is 29.9 Å². The molecule has 1 rings (SSSR count). The third-order valence-corrected chi connectivity index (χ3v) is 2.68. The molecule has 0 aliphatic carbocycles. The molecule has 1 aromatic rings. The summed E-state index contributed by atoms with van der Waals surface area (Å²) in [5, 5.41) is 7.95. The van der Waals surface area contributed by atoms with E-state index in [-0.39, 0.29) is 5.41 Å². The van der Waals surface area contributed by atoms with Gasteiger partial charge < -0.3 is 5.32 Å². The molecule has 0 saturated heterocycles. The molecule has 1 aromatic heterocycles. The third kappa shape index (κ3) is 3.67. The Morgan fingerprint density at radius 3 is 2.53 bits per heavy atom. The highest BCUT2D eigenvalue weighted by atomic mass is 15.2. The number of nitrogens with zero attached hydrogens (tertiary/aromatic N) is 2. The summed E-state index contributed by atoms with van der Waals surface area (Å²) in [4.78, 5) is 0. The molecule has 0 bridgehead atoms. The zero-order valence-corrected chi connectivity index (χ0v) is 10.5. The van der Waals surface area contributed by atoms with E-state index in [1.165, 1.54) is 5.69 Å². The van der Waals surface area contributed by atoms with Crippen molar-refractivity contribution in [3.8, 4) is 0 Å². The maximum absolute atomic E-state index is 4.42. The Morgan fingerprint density at radius 2 is 2.13 bits per heavy atom. The molecule has 0 fully saturated rings.